The van der Waals surface area contributed by atoms with E-state index in [4.69, 9.17) is 0 Å². The Morgan fingerprint density at radius 1 is 1.21 bits per heavy atom. The molecule has 1 aliphatic heterocycles. The Morgan fingerprint density at radius 3 is 2.21 bits per heavy atom. The largest absolute Gasteiger partial charge is 0.301 e. The number of nitrogens with zero attached hydrogens (tertiary/aromatic N) is 3. The van der Waals surface area contributed by atoms with E-state index in [0.717, 1.165) is 39.3 Å². The van der Waals surface area contributed by atoms with E-state index in [0.29, 0.717) is 12.0 Å². The van der Waals surface area contributed by atoms with E-state index >= 15 is 0 Å². The lowest BCUT2D eigenvalue weighted by Crippen LogP contribution is -2.59. The van der Waals surface area contributed by atoms with Crippen molar-refractivity contribution in [3.63, 3.8) is 0 Å². The molecule has 1 heterocycles. The summed E-state index contributed by atoms with van der Waals surface area (Å²) in [6.45, 7) is 13.0. The summed E-state index contributed by atoms with van der Waals surface area (Å²) in [7, 11) is 0. The molecule has 0 aromatic carbocycles. The van der Waals surface area contributed by atoms with Gasteiger partial charge in [0.05, 0.1) is 6.07 Å². The summed E-state index contributed by atoms with van der Waals surface area (Å²) in [5, 5.41) is 13.3. The van der Waals surface area contributed by atoms with Gasteiger partial charge in [0.2, 0.25) is 0 Å². The van der Waals surface area contributed by atoms with Crippen LogP contribution >= 0.6 is 0 Å². The molecule has 0 radical (unpaired) electrons. The fourth-order valence-electron chi connectivity index (χ4n) is 3.16. The summed E-state index contributed by atoms with van der Waals surface area (Å²) >= 11 is 0. The van der Waals surface area contributed by atoms with Crippen molar-refractivity contribution >= 4 is 0 Å². The number of hydrogen-bond donors (Lipinski definition) is 1. The minimum Gasteiger partial charge on any atom is -0.301 e. The lowest BCUT2D eigenvalue weighted by molar-refractivity contribution is 0.108. The van der Waals surface area contributed by atoms with Crippen LogP contribution in [0.4, 0.5) is 0 Å². The quantitative estimate of drug-likeness (QED) is 0.785. The molecular formula is C15H28N4. The van der Waals surface area contributed by atoms with Gasteiger partial charge in [-0.2, -0.15) is 5.26 Å². The molecule has 1 N–H and O–H groups in total. The van der Waals surface area contributed by atoms with Gasteiger partial charge in [0.15, 0.2) is 0 Å². The zero-order valence-electron chi connectivity index (χ0n) is 12.7. The minimum absolute atomic E-state index is 0.317. The number of nitriles is 1. The summed E-state index contributed by atoms with van der Waals surface area (Å²) < 4.78 is 0. The Morgan fingerprint density at radius 2 is 1.79 bits per heavy atom. The van der Waals surface area contributed by atoms with Crippen LogP contribution < -0.4 is 5.32 Å². The smallest absolute Gasteiger partial charge is 0.122 e. The zero-order valence-corrected chi connectivity index (χ0v) is 12.7. The third-order valence-electron chi connectivity index (χ3n) is 4.41. The first-order valence-corrected chi connectivity index (χ1v) is 7.73. The molecule has 108 valence electrons. The maximum Gasteiger partial charge on any atom is 0.122 e. The van der Waals surface area contributed by atoms with Crippen molar-refractivity contribution in [1.82, 2.24) is 15.1 Å². The van der Waals surface area contributed by atoms with Crippen molar-refractivity contribution < 1.29 is 0 Å². The average molecular weight is 264 g/mol. The second kappa shape index (κ2) is 6.21. The van der Waals surface area contributed by atoms with Crippen LogP contribution in [0.15, 0.2) is 0 Å². The highest BCUT2D eigenvalue weighted by molar-refractivity contribution is 5.17. The van der Waals surface area contributed by atoms with Crippen molar-refractivity contribution in [2.75, 3.05) is 39.3 Å². The van der Waals surface area contributed by atoms with Crippen LogP contribution in [-0.2, 0) is 0 Å². The molecule has 1 saturated carbocycles. The van der Waals surface area contributed by atoms with E-state index in [-0.39, 0.29) is 5.54 Å². The van der Waals surface area contributed by atoms with Crippen LogP contribution in [0.5, 0.6) is 0 Å². The Hall–Kier alpha value is -0.630. The molecule has 0 aromatic rings. The topological polar surface area (TPSA) is 42.3 Å². The molecule has 4 nitrogen and oxygen atoms in total. The van der Waals surface area contributed by atoms with E-state index in [1.54, 1.807) is 0 Å². The van der Waals surface area contributed by atoms with Gasteiger partial charge in [0, 0.05) is 38.8 Å². The van der Waals surface area contributed by atoms with Gasteiger partial charge >= 0.3 is 0 Å². The van der Waals surface area contributed by atoms with E-state index < -0.39 is 0 Å². The van der Waals surface area contributed by atoms with Crippen molar-refractivity contribution in [1.29, 1.82) is 5.26 Å². The van der Waals surface area contributed by atoms with Crippen molar-refractivity contribution in [2.45, 2.75) is 45.2 Å². The number of hydrogen-bond acceptors (Lipinski definition) is 4. The van der Waals surface area contributed by atoms with E-state index in [9.17, 15) is 5.26 Å². The third kappa shape index (κ3) is 3.68. The molecule has 1 saturated heterocycles. The first-order valence-electron chi connectivity index (χ1n) is 7.73. The predicted octanol–water partition coefficient (Wildman–Crippen LogP) is 1.29. The minimum atomic E-state index is -0.317. The van der Waals surface area contributed by atoms with Crippen molar-refractivity contribution in [2.24, 2.45) is 5.92 Å². The maximum absolute atomic E-state index is 9.72. The molecule has 1 unspecified atom stereocenters. The molecule has 2 fully saturated rings. The SMILES string of the molecule is CCN1CCN(CC(C#N)(NC(C)C)C2CC2)CC1. The fraction of sp³-hybridized carbons (Fsp3) is 0.933. The van der Waals surface area contributed by atoms with Gasteiger partial charge < -0.3 is 4.90 Å². The number of likely N-dealkylation sites (N-methyl/N-ethyl adjacent to an activating group) is 1. The summed E-state index contributed by atoms with van der Waals surface area (Å²) in [5.74, 6) is 0.559. The standard InChI is InChI=1S/C15H28N4/c1-4-18-7-9-19(10-8-18)12-15(11-16,14-5-6-14)17-13(2)3/h13-14,17H,4-10,12H2,1-3H3. The van der Waals surface area contributed by atoms with Gasteiger partial charge in [0.25, 0.3) is 0 Å². The fourth-order valence-corrected chi connectivity index (χ4v) is 3.16. The van der Waals surface area contributed by atoms with Crippen LogP contribution in [-0.4, -0.2) is 60.6 Å². The molecule has 0 amide bonds. The Labute approximate surface area is 117 Å². The van der Waals surface area contributed by atoms with Gasteiger partial charge in [-0.25, -0.2) is 0 Å². The molecule has 1 atom stereocenters. The summed E-state index contributed by atoms with van der Waals surface area (Å²) in [5.41, 5.74) is -0.317. The lowest BCUT2D eigenvalue weighted by Gasteiger charge is -2.40. The van der Waals surface area contributed by atoms with Crippen LogP contribution in [0, 0.1) is 17.2 Å². The Balaban J connectivity index is 1.95. The van der Waals surface area contributed by atoms with E-state index in [2.05, 4.69) is 42.0 Å². The molecule has 0 spiro atoms. The van der Waals surface area contributed by atoms with Gasteiger partial charge in [-0.15, -0.1) is 0 Å². The average Bonchev–Trinajstić information content (AvgIpc) is 3.23. The molecule has 2 aliphatic rings. The van der Waals surface area contributed by atoms with Crippen molar-refractivity contribution in [3.05, 3.63) is 0 Å². The first kappa shape index (κ1) is 14.8. The van der Waals surface area contributed by atoms with Gasteiger partial charge in [-0.1, -0.05) is 6.92 Å². The Kier molecular flexibility index (Phi) is 4.83. The Bertz CT molecular complexity index is 324. The first-order chi connectivity index (χ1) is 9.09. The monoisotopic (exact) mass is 264 g/mol. The lowest BCUT2D eigenvalue weighted by atomic mass is 9.92. The predicted molar refractivity (Wildman–Crippen MR) is 77.9 cm³/mol. The highest BCUT2D eigenvalue weighted by Gasteiger charge is 2.47. The van der Waals surface area contributed by atoms with E-state index in [1.165, 1.54) is 12.8 Å². The third-order valence-corrected chi connectivity index (χ3v) is 4.41. The summed E-state index contributed by atoms with van der Waals surface area (Å²) in [6.07, 6.45) is 2.42. The van der Waals surface area contributed by atoms with Crippen LogP contribution in [0.3, 0.4) is 0 Å². The van der Waals surface area contributed by atoms with Crippen LogP contribution in [0.25, 0.3) is 0 Å². The maximum atomic E-state index is 9.72. The molecule has 4 heteroatoms. The molecule has 2 rings (SSSR count). The second-order valence-corrected chi connectivity index (χ2v) is 6.37. The second-order valence-electron chi connectivity index (χ2n) is 6.37. The zero-order chi connectivity index (χ0) is 13.9. The number of rotatable bonds is 6. The highest BCUT2D eigenvalue weighted by atomic mass is 15.3. The molecule has 0 aromatic heterocycles. The summed E-state index contributed by atoms with van der Waals surface area (Å²) in [4.78, 5) is 4.96. The number of nitrogens with one attached hydrogen (secondary N) is 1. The summed E-state index contributed by atoms with van der Waals surface area (Å²) in [6, 6.07) is 2.99. The molecule has 1 aliphatic carbocycles. The van der Waals surface area contributed by atoms with E-state index in [1.807, 2.05) is 0 Å². The van der Waals surface area contributed by atoms with Crippen LogP contribution in [0.1, 0.15) is 33.6 Å². The van der Waals surface area contributed by atoms with Crippen LogP contribution in [0.2, 0.25) is 0 Å². The highest BCUT2D eigenvalue weighted by Crippen LogP contribution is 2.40. The van der Waals surface area contributed by atoms with Gasteiger partial charge in [-0.3, -0.25) is 10.2 Å². The van der Waals surface area contributed by atoms with Gasteiger partial charge in [-0.05, 0) is 39.2 Å². The number of piperazine rings is 1. The normalized spacial score (nSPS) is 25.2. The molecule has 0 bridgehead atoms. The molecular weight excluding hydrogens is 236 g/mol. The van der Waals surface area contributed by atoms with Gasteiger partial charge in [0.1, 0.15) is 5.54 Å². The van der Waals surface area contributed by atoms with Crippen molar-refractivity contribution in [3.8, 4) is 6.07 Å². The molecule has 19 heavy (non-hydrogen) atoms.